The van der Waals surface area contributed by atoms with Gasteiger partial charge in [-0.25, -0.2) is 4.68 Å². The van der Waals surface area contributed by atoms with Gasteiger partial charge < -0.3 is 4.74 Å². The van der Waals surface area contributed by atoms with E-state index in [1.807, 2.05) is 6.07 Å². The van der Waals surface area contributed by atoms with Gasteiger partial charge in [0.15, 0.2) is 5.11 Å². The maximum atomic E-state index is 12.6. The van der Waals surface area contributed by atoms with Crippen LogP contribution in [0.2, 0.25) is 0 Å². The molecule has 0 aliphatic carbocycles. The largest absolute Gasteiger partial charge is 0.493 e. The lowest BCUT2D eigenvalue weighted by molar-refractivity contribution is 0.0973. The summed E-state index contributed by atoms with van der Waals surface area (Å²) in [5, 5.41) is 11.6. The number of thiocarbonyl (C=S) groups is 1. The van der Waals surface area contributed by atoms with Crippen LogP contribution in [0.4, 0.5) is 0 Å². The number of aryl methyl sites for hydroxylation is 2. The zero-order valence-electron chi connectivity index (χ0n) is 16.0. The highest BCUT2D eigenvalue weighted by molar-refractivity contribution is 7.80. The van der Waals surface area contributed by atoms with Crippen LogP contribution in [0.5, 0.6) is 5.75 Å². The van der Waals surface area contributed by atoms with Gasteiger partial charge in [-0.1, -0.05) is 25.5 Å². The summed E-state index contributed by atoms with van der Waals surface area (Å²) in [6.07, 6.45) is 1.87. The minimum atomic E-state index is -0.528. The predicted molar refractivity (Wildman–Crippen MR) is 111 cm³/mol. The van der Waals surface area contributed by atoms with Gasteiger partial charge in [-0.15, -0.1) is 0 Å². The lowest BCUT2D eigenvalue weighted by Gasteiger charge is -2.16. The van der Waals surface area contributed by atoms with E-state index in [9.17, 15) is 9.59 Å². The summed E-state index contributed by atoms with van der Waals surface area (Å²) in [6, 6.07) is 10.4. The summed E-state index contributed by atoms with van der Waals surface area (Å²) in [4.78, 5) is 25.0. The monoisotopic (exact) mass is 398 g/mol. The molecule has 1 amide bonds. The number of para-hydroxylation sites is 1. The summed E-state index contributed by atoms with van der Waals surface area (Å²) in [5.74, 6) is 0.00891. The molecular formula is C20H22N4O3S. The number of aromatic nitrogens is 1. The number of nitriles is 1. The second kappa shape index (κ2) is 9.67. The predicted octanol–water partition coefficient (Wildman–Crippen LogP) is 2.77. The number of carbonyl (C=O) groups excluding carboxylic acids is 1. The van der Waals surface area contributed by atoms with E-state index in [0.29, 0.717) is 29.2 Å². The zero-order chi connectivity index (χ0) is 20.7. The molecule has 7 nitrogen and oxygen atoms in total. The van der Waals surface area contributed by atoms with Gasteiger partial charge in [0, 0.05) is 5.69 Å². The molecule has 0 saturated carbocycles. The fourth-order valence-corrected chi connectivity index (χ4v) is 2.76. The van der Waals surface area contributed by atoms with Gasteiger partial charge in [0.25, 0.3) is 11.5 Å². The van der Waals surface area contributed by atoms with Crippen molar-refractivity contribution in [1.82, 2.24) is 9.99 Å². The smallest absolute Gasteiger partial charge is 0.287 e. The van der Waals surface area contributed by atoms with E-state index in [0.717, 1.165) is 17.5 Å². The van der Waals surface area contributed by atoms with E-state index in [1.165, 1.54) is 0 Å². The molecule has 2 aromatic rings. The zero-order valence-corrected chi connectivity index (χ0v) is 16.9. The summed E-state index contributed by atoms with van der Waals surface area (Å²) in [7, 11) is 0. The number of hydrogen-bond donors (Lipinski definition) is 2. The van der Waals surface area contributed by atoms with Crippen LogP contribution in [0.15, 0.2) is 35.1 Å². The average Bonchev–Trinajstić information content (AvgIpc) is 2.66. The maximum Gasteiger partial charge on any atom is 0.287 e. The number of amides is 1. The quantitative estimate of drug-likeness (QED) is 0.574. The molecular weight excluding hydrogens is 376 g/mol. The number of nitrogens with zero attached hydrogens (tertiary/aromatic N) is 2. The van der Waals surface area contributed by atoms with E-state index in [2.05, 4.69) is 17.7 Å². The van der Waals surface area contributed by atoms with Crippen molar-refractivity contribution in [3.8, 4) is 11.8 Å². The van der Waals surface area contributed by atoms with Crippen molar-refractivity contribution in [3.63, 3.8) is 0 Å². The normalized spacial score (nSPS) is 10.1. The van der Waals surface area contributed by atoms with Crippen molar-refractivity contribution in [3.05, 3.63) is 63.1 Å². The molecule has 1 aromatic carbocycles. The molecule has 0 atom stereocenters. The second-order valence-electron chi connectivity index (χ2n) is 6.19. The minimum absolute atomic E-state index is 0.0156. The van der Waals surface area contributed by atoms with E-state index in [-0.39, 0.29) is 10.7 Å². The Bertz CT molecular complexity index is 992. The Labute approximate surface area is 168 Å². The van der Waals surface area contributed by atoms with E-state index in [1.54, 1.807) is 44.2 Å². The topological polar surface area (TPSA) is 96.2 Å². The third kappa shape index (κ3) is 4.96. The first-order valence-corrected chi connectivity index (χ1v) is 9.27. The van der Waals surface area contributed by atoms with Crippen LogP contribution in [0.25, 0.3) is 0 Å². The number of nitrogens with one attached hydrogen (secondary N) is 2. The lowest BCUT2D eigenvalue weighted by atomic mass is 10.1. The molecule has 8 heteroatoms. The van der Waals surface area contributed by atoms with Gasteiger partial charge in [0.05, 0.1) is 12.2 Å². The van der Waals surface area contributed by atoms with Gasteiger partial charge in [0.1, 0.15) is 17.4 Å². The summed E-state index contributed by atoms with van der Waals surface area (Å²) in [5.41, 5.74) is 3.63. The molecule has 0 saturated heterocycles. The third-order valence-electron chi connectivity index (χ3n) is 4.03. The average molecular weight is 398 g/mol. The van der Waals surface area contributed by atoms with E-state index < -0.39 is 11.5 Å². The third-order valence-corrected chi connectivity index (χ3v) is 4.22. The Balaban J connectivity index is 2.16. The molecule has 1 aromatic heterocycles. The molecule has 0 aliphatic rings. The molecule has 0 fully saturated rings. The summed E-state index contributed by atoms with van der Waals surface area (Å²) >= 11 is 5.17. The Hall–Kier alpha value is -3.18. The maximum absolute atomic E-state index is 12.6. The molecule has 1 heterocycles. The SMILES string of the molecule is CCCCOc1ccccc1C(=O)NC(=S)Nn1c(C)cc(C)c(C#N)c1=O. The highest BCUT2D eigenvalue weighted by Crippen LogP contribution is 2.18. The van der Waals surface area contributed by atoms with Gasteiger partial charge in [-0.2, -0.15) is 5.26 Å². The van der Waals surface area contributed by atoms with Crippen LogP contribution in [-0.4, -0.2) is 22.3 Å². The van der Waals surface area contributed by atoms with Crippen LogP contribution in [-0.2, 0) is 0 Å². The molecule has 2 rings (SSSR count). The Morgan fingerprint density at radius 2 is 2.04 bits per heavy atom. The van der Waals surface area contributed by atoms with E-state index >= 15 is 0 Å². The Morgan fingerprint density at radius 3 is 2.71 bits per heavy atom. The van der Waals surface area contributed by atoms with Crippen LogP contribution >= 0.6 is 12.2 Å². The summed E-state index contributed by atoms with van der Waals surface area (Å²) in [6.45, 7) is 5.95. The van der Waals surface area contributed by atoms with Gasteiger partial charge >= 0.3 is 0 Å². The first-order chi connectivity index (χ1) is 13.4. The highest BCUT2D eigenvalue weighted by Gasteiger charge is 2.15. The molecule has 0 spiro atoms. The Morgan fingerprint density at radius 1 is 1.32 bits per heavy atom. The Kier molecular flexibility index (Phi) is 7.29. The standard InChI is InChI=1S/C20H22N4O3S/c1-4-5-10-27-17-9-7-6-8-15(17)18(25)22-20(28)23-24-14(3)11-13(2)16(12-21)19(24)26/h6-9,11H,4-5,10H2,1-3H3,(H2,22,23,25,28). The lowest BCUT2D eigenvalue weighted by Crippen LogP contribution is -2.43. The molecule has 146 valence electrons. The highest BCUT2D eigenvalue weighted by atomic mass is 32.1. The van der Waals surface area contributed by atoms with Crippen LogP contribution in [0.1, 0.15) is 46.9 Å². The van der Waals surface area contributed by atoms with Gasteiger partial charge in [0.2, 0.25) is 0 Å². The summed E-state index contributed by atoms with van der Waals surface area (Å²) < 4.78 is 6.80. The van der Waals surface area contributed by atoms with Crippen molar-refractivity contribution < 1.29 is 9.53 Å². The molecule has 0 bridgehead atoms. The number of hydrogen-bond acceptors (Lipinski definition) is 5. The molecule has 2 N–H and O–H groups in total. The number of unbranched alkanes of at least 4 members (excludes halogenated alkanes) is 1. The van der Waals surface area contributed by atoms with Crippen molar-refractivity contribution in [2.75, 3.05) is 12.0 Å². The fraction of sp³-hybridized carbons (Fsp3) is 0.300. The van der Waals surface area contributed by atoms with Crippen molar-refractivity contribution in [2.45, 2.75) is 33.6 Å². The van der Waals surface area contributed by atoms with Crippen molar-refractivity contribution >= 4 is 23.2 Å². The van der Waals surface area contributed by atoms with Gasteiger partial charge in [-0.05, 0) is 56.2 Å². The molecule has 0 unspecified atom stereocenters. The van der Waals surface area contributed by atoms with E-state index in [4.69, 9.17) is 22.2 Å². The van der Waals surface area contributed by atoms with Crippen LogP contribution in [0, 0.1) is 25.2 Å². The van der Waals surface area contributed by atoms with Crippen LogP contribution in [0.3, 0.4) is 0 Å². The first-order valence-electron chi connectivity index (χ1n) is 8.86. The number of benzene rings is 1. The number of rotatable bonds is 6. The number of ether oxygens (including phenoxy) is 1. The molecule has 0 radical (unpaired) electrons. The second-order valence-corrected chi connectivity index (χ2v) is 6.60. The number of pyridine rings is 1. The van der Waals surface area contributed by atoms with Crippen molar-refractivity contribution in [2.24, 2.45) is 0 Å². The first kappa shape index (κ1) is 21.1. The minimum Gasteiger partial charge on any atom is -0.493 e. The number of carbonyl (C=O) groups is 1. The van der Waals surface area contributed by atoms with Crippen molar-refractivity contribution in [1.29, 1.82) is 5.26 Å². The fourth-order valence-electron chi connectivity index (χ4n) is 2.57. The molecule has 28 heavy (non-hydrogen) atoms. The molecule has 0 aliphatic heterocycles. The van der Waals surface area contributed by atoms with Crippen LogP contribution < -0.4 is 21.0 Å². The van der Waals surface area contributed by atoms with Gasteiger partial charge in [-0.3, -0.25) is 20.3 Å².